The van der Waals surface area contributed by atoms with Crippen molar-refractivity contribution < 1.29 is 23.8 Å². The fraction of sp³-hybridized carbons (Fsp3) is 0.111. The van der Waals surface area contributed by atoms with E-state index in [2.05, 4.69) is 0 Å². The topological polar surface area (TPSA) is 66.8 Å². The number of nitrogens with zero attached hydrogens (tertiary/aromatic N) is 1. The number of phenolic OH excluding ortho intramolecular Hbond substituents is 1. The molecule has 0 spiro atoms. The first-order chi connectivity index (χ1) is 12.0. The molecule has 3 rings (SSSR count). The van der Waals surface area contributed by atoms with Crippen LogP contribution in [0.15, 0.2) is 47.4 Å². The van der Waals surface area contributed by atoms with Gasteiger partial charge in [0.1, 0.15) is 5.82 Å². The van der Waals surface area contributed by atoms with Gasteiger partial charge in [-0.15, -0.1) is 0 Å². The molecule has 1 aliphatic rings. The molecule has 2 aromatic carbocycles. The third-order valence-corrected chi connectivity index (χ3v) is 4.33. The van der Waals surface area contributed by atoms with Crippen LogP contribution in [0.3, 0.4) is 0 Å². The number of hydrogen-bond acceptors (Lipinski definition) is 5. The lowest BCUT2D eigenvalue weighted by Gasteiger charge is -2.12. The summed E-state index contributed by atoms with van der Waals surface area (Å²) in [5.41, 5.74) is 0.930. The molecule has 128 valence electrons. The number of aromatic hydroxyl groups is 1. The number of halogens is 1. The maximum absolute atomic E-state index is 13.0. The van der Waals surface area contributed by atoms with E-state index in [0.29, 0.717) is 23.6 Å². The summed E-state index contributed by atoms with van der Waals surface area (Å²) in [6, 6.07) is 9.80. The highest BCUT2D eigenvalue weighted by atomic mass is 32.2. The molecule has 7 heteroatoms. The Balaban J connectivity index is 1.90. The highest BCUT2D eigenvalue weighted by molar-refractivity contribution is 8.19. The molecule has 1 fully saturated rings. The Kier molecular flexibility index (Phi) is 4.76. The standard InChI is InChI=1S/C18H14FNO4S/c1-2-24-15-9-11(3-8-14(15)21)10-16-17(22)20(18(23)25-16)13-6-4-12(19)5-7-13/h3-10,21H,2H2,1H3. The maximum atomic E-state index is 13.0. The second-order valence-corrected chi connectivity index (χ2v) is 6.15. The van der Waals surface area contributed by atoms with Crippen molar-refractivity contribution in [3.63, 3.8) is 0 Å². The molecule has 2 aromatic rings. The third-order valence-electron chi connectivity index (χ3n) is 3.46. The van der Waals surface area contributed by atoms with Gasteiger partial charge in [0.2, 0.25) is 0 Å². The number of amides is 2. The summed E-state index contributed by atoms with van der Waals surface area (Å²) < 4.78 is 18.3. The number of imide groups is 1. The van der Waals surface area contributed by atoms with Crippen LogP contribution >= 0.6 is 11.8 Å². The van der Waals surface area contributed by atoms with Crippen LogP contribution in [0.1, 0.15) is 12.5 Å². The van der Waals surface area contributed by atoms with Crippen LogP contribution in [-0.2, 0) is 4.79 Å². The predicted molar refractivity (Wildman–Crippen MR) is 94.1 cm³/mol. The molecule has 1 aliphatic heterocycles. The predicted octanol–water partition coefficient (Wildman–Crippen LogP) is 4.17. The first kappa shape index (κ1) is 17.0. The first-order valence-electron chi connectivity index (χ1n) is 7.49. The summed E-state index contributed by atoms with van der Waals surface area (Å²) in [7, 11) is 0. The number of hydrogen-bond donors (Lipinski definition) is 1. The monoisotopic (exact) mass is 359 g/mol. The van der Waals surface area contributed by atoms with E-state index >= 15 is 0 Å². The largest absolute Gasteiger partial charge is 0.504 e. The van der Waals surface area contributed by atoms with Crippen molar-refractivity contribution in [1.29, 1.82) is 0 Å². The first-order valence-corrected chi connectivity index (χ1v) is 8.30. The number of ether oxygens (including phenoxy) is 1. The number of anilines is 1. The molecule has 1 saturated heterocycles. The molecule has 0 saturated carbocycles. The Bertz CT molecular complexity index is 864. The lowest BCUT2D eigenvalue weighted by molar-refractivity contribution is -0.113. The van der Waals surface area contributed by atoms with Gasteiger partial charge < -0.3 is 9.84 Å². The van der Waals surface area contributed by atoms with Gasteiger partial charge in [-0.2, -0.15) is 0 Å². The zero-order chi connectivity index (χ0) is 18.0. The van der Waals surface area contributed by atoms with Crippen LogP contribution in [0.2, 0.25) is 0 Å². The molecule has 25 heavy (non-hydrogen) atoms. The lowest BCUT2D eigenvalue weighted by atomic mass is 10.2. The summed E-state index contributed by atoms with van der Waals surface area (Å²) in [4.78, 5) is 25.9. The van der Waals surface area contributed by atoms with Crippen molar-refractivity contribution in [1.82, 2.24) is 0 Å². The average molecular weight is 359 g/mol. The molecule has 2 amide bonds. The van der Waals surface area contributed by atoms with Gasteiger partial charge in [-0.3, -0.25) is 9.59 Å². The van der Waals surface area contributed by atoms with Crippen LogP contribution in [0.5, 0.6) is 11.5 Å². The summed E-state index contributed by atoms with van der Waals surface area (Å²) in [6.45, 7) is 2.18. The SMILES string of the molecule is CCOc1cc(C=C2SC(=O)N(c3ccc(F)cc3)C2=O)ccc1O. The Hall–Kier alpha value is -2.80. The van der Waals surface area contributed by atoms with Crippen molar-refractivity contribution in [2.24, 2.45) is 0 Å². The highest BCUT2D eigenvalue weighted by Crippen LogP contribution is 2.36. The molecule has 0 aromatic heterocycles. The normalized spacial score (nSPS) is 15.9. The van der Waals surface area contributed by atoms with Crippen LogP contribution in [0.4, 0.5) is 14.9 Å². The number of carbonyl (C=O) groups excluding carboxylic acids is 2. The molecule has 0 aliphatic carbocycles. The van der Waals surface area contributed by atoms with E-state index in [9.17, 15) is 19.1 Å². The number of benzene rings is 2. The second-order valence-electron chi connectivity index (χ2n) is 5.15. The van der Waals surface area contributed by atoms with Gasteiger partial charge in [0.25, 0.3) is 11.1 Å². The van der Waals surface area contributed by atoms with Gasteiger partial charge in [0.05, 0.1) is 17.2 Å². The van der Waals surface area contributed by atoms with Crippen LogP contribution < -0.4 is 9.64 Å². The van der Waals surface area contributed by atoms with Gasteiger partial charge >= 0.3 is 0 Å². The van der Waals surface area contributed by atoms with Crippen molar-refractivity contribution >= 4 is 34.7 Å². The smallest absolute Gasteiger partial charge is 0.298 e. The van der Waals surface area contributed by atoms with Gasteiger partial charge in [0, 0.05) is 0 Å². The van der Waals surface area contributed by atoms with E-state index in [1.807, 2.05) is 0 Å². The zero-order valence-electron chi connectivity index (χ0n) is 13.2. The minimum absolute atomic E-state index is 0.00147. The summed E-state index contributed by atoms with van der Waals surface area (Å²) in [5.74, 6) is -0.626. The molecule has 1 N–H and O–H groups in total. The van der Waals surface area contributed by atoms with E-state index in [0.717, 1.165) is 16.7 Å². The fourth-order valence-electron chi connectivity index (χ4n) is 2.32. The molecular formula is C18H14FNO4S. The average Bonchev–Trinajstić information content (AvgIpc) is 2.86. The van der Waals surface area contributed by atoms with E-state index in [-0.39, 0.29) is 10.7 Å². The van der Waals surface area contributed by atoms with Crippen LogP contribution in [-0.4, -0.2) is 22.9 Å². The minimum atomic E-state index is -0.479. The molecule has 0 radical (unpaired) electrons. The zero-order valence-corrected chi connectivity index (χ0v) is 14.0. The van der Waals surface area contributed by atoms with Gasteiger partial charge in [0.15, 0.2) is 11.5 Å². The van der Waals surface area contributed by atoms with Crippen LogP contribution in [0, 0.1) is 5.82 Å². The quantitative estimate of drug-likeness (QED) is 0.830. The lowest BCUT2D eigenvalue weighted by Crippen LogP contribution is -2.27. The summed E-state index contributed by atoms with van der Waals surface area (Å²) in [5, 5.41) is 9.27. The minimum Gasteiger partial charge on any atom is -0.504 e. The van der Waals surface area contributed by atoms with E-state index in [1.54, 1.807) is 25.1 Å². The molecule has 1 heterocycles. The Labute approximate surface area is 147 Å². The highest BCUT2D eigenvalue weighted by Gasteiger charge is 2.36. The third kappa shape index (κ3) is 3.51. The number of thioether (sulfide) groups is 1. The van der Waals surface area contributed by atoms with Gasteiger partial charge in [-0.05, 0) is 66.7 Å². The molecule has 0 unspecified atom stereocenters. The van der Waals surface area contributed by atoms with Crippen LogP contribution in [0.25, 0.3) is 6.08 Å². The Morgan fingerprint density at radius 1 is 1.20 bits per heavy atom. The van der Waals surface area contributed by atoms with Gasteiger partial charge in [-0.1, -0.05) is 6.07 Å². The number of carbonyl (C=O) groups is 2. The van der Waals surface area contributed by atoms with E-state index in [4.69, 9.17) is 4.74 Å². The molecular weight excluding hydrogens is 345 g/mol. The fourth-order valence-corrected chi connectivity index (χ4v) is 3.16. The van der Waals surface area contributed by atoms with Crippen molar-refractivity contribution in [3.8, 4) is 11.5 Å². The number of phenols is 1. The van der Waals surface area contributed by atoms with E-state index in [1.165, 1.54) is 30.3 Å². The summed E-state index contributed by atoms with van der Waals surface area (Å²) >= 11 is 0.801. The van der Waals surface area contributed by atoms with Crippen molar-refractivity contribution in [2.45, 2.75) is 6.92 Å². The van der Waals surface area contributed by atoms with Gasteiger partial charge in [-0.25, -0.2) is 9.29 Å². The van der Waals surface area contributed by atoms with Crippen molar-refractivity contribution in [2.75, 3.05) is 11.5 Å². The molecule has 0 bridgehead atoms. The Morgan fingerprint density at radius 2 is 1.92 bits per heavy atom. The second kappa shape index (κ2) is 6.98. The molecule has 0 atom stereocenters. The molecule has 5 nitrogen and oxygen atoms in total. The van der Waals surface area contributed by atoms with Crippen molar-refractivity contribution in [3.05, 3.63) is 58.8 Å². The Morgan fingerprint density at radius 3 is 2.60 bits per heavy atom. The maximum Gasteiger partial charge on any atom is 0.298 e. The number of rotatable bonds is 4. The summed E-state index contributed by atoms with van der Waals surface area (Å²) in [6.07, 6.45) is 1.55. The van der Waals surface area contributed by atoms with E-state index < -0.39 is 17.0 Å².